The standard InChI is InChI=1S/C23H22F3N3O4/c1-15(30)33-19-7-5-17(6-8-19)29-21(31)14-20(22(29)32)28-11-9-27(10-12-28)18-4-2-3-16(13-18)23(24,25)26/h2-8,13,20H,9-12,14H2,1H3/t20-/m1/s1. The Balaban J connectivity index is 1.41. The molecule has 2 aromatic carbocycles. The minimum absolute atomic E-state index is 0.0358. The Kier molecular flexibility index (Phi) is 6.11. The lowest BCUT2D eigenvalue weighted by atomic mass is 10.1. The minimum atomic E-state index is -4.41. The minimum Gasteiger partial charge on any atom is -0.427 e. The van der Waals surface area contributed by atoms with Crippen LogP contribution in [-0.2, 0) is 20.6 Å². The Morgan fingerprint density at radius 2 is 1.64 bits per heavy atom. The molecule has 0 unspecified atom stereocenters. The number of ether oxygens (including phenoxy) is 1. The second-order valence-corrected chi connectivity index (χ2v) is 7.95. The Morgan fingerprint density at radius 1 is 0.970 bits per heavy atom. The predicted molar refractivity (Wildman–Crippen MR) is 114 cm³/mol. The average molecular weight is 461 g/mol. The fourth-order valence-electron chi connectivity index (χ4n) is 4.17. The SMILES string of the molecule is CC(=O)Oc1ccc(N2C(=O)C[C@@H](N3CCN(c4cccc(C(F)(F)F)c4)CC3)C2=O)cc1. The molecule has 174 valence electrons. The number of amides is 2. The number of carbonyl (C=O) groups is 3. The molecule has 7 nitrogen and oxygen atoms in total. The van der Waals surface area contributed by atoms with Gasteiger partial charge in [0.05, 0.1) is 23.7 Å². The summed E-state index contributed by atoms with van der Waals surface area (Å²) in [6.45, 7) is 3.05. The van der Waals surface area contributed by atoms with E-state index in [0.717, 1.165) is 17.0 Å². The van der Waals surface area contributed by atoms with Crippen molar-refractivity contribution in [1.82, 2.24) is 4.90 Å². The van der Waals surface area contributed by atoms with E-state index in [1.807, 2.05) is 9.80 Å². The van der Waals surface area contributed by atoms with Crippen molar-refractivity contribution < 1.29 is 32.3 Å². The van der Waals surface area contributed by atoms with Crippen molar-refractivity contribution in [3.8, 4) is 5.75 Å². The lowest BCUT2D eigenvalue weighted by Crippen LogP contribution is -2.52. The van der Waals surface area contributed by atoms with Gasteiger partial charge in [-0.15, -0.1) is 0 Å². The summed E-state index contributed by atoms with van der Waals surface area (Å²) in [5.41, 5.74) is 0.174. The van der Waals surface area contributed by atoms with Crippen LogP contribution in [0.5, 0.6) is 5.75 Å². The van der Waals surface area contributed by atoms with Crippen LogP contribution in [0, 0.1) is 0 Å². The van der Waals surface area contributed by atoms with Crippen LogP contribution in [0.3, 0.4) is 0 Å². The lowest BCUT2D eigenvalue weighted by molar-refractivity contribution is -0.137. The summed E-state index contributed by atoms with van der Waals surface area (Å²) >= 11 is 0. The maximum Gasteiger partial charge on any atom is 0.416 e. The number of halogens is 3. The third kappa shape index (κ3) is 4.85. The van der Waals surface area contributed by atoms with Gasteiger partial charge in [-0.2, -0.15) is 13.2 Å². The first kappa shape index (κ1) is 22.8. The van der Waals surface area contributed by atoms with Crippen molar-refractivity contribution in [3.05, 3.63) is 54.1 Å². The Labute approximate surface area is 188 Å². The highest BCUT2D eigenvalue weighted by molar-refractivity contribution is 6.22. The zero-order valence-corrected chi connectivity index (χ0v) is 17.8. The maximum absolute atomic E-state index is 13.0. The predicted octanol–water partition coefficient (Wildman–Crippen LogP) is 3.08. The van der Waals surface area contributed by atoms with Crippen molar-refractivity contribution in [2.75, 3.05) is 36.0 Å². The first-order valence-corrected chi connectivity index (χ1v) is 10.4. The van der Waals surface area contributed by atoms with Gasteiger partial charge in [0.2, 0.25) is 5.91 Å². The van der Waals surface area contributed by atoms with Crippen LogP contribution >= 0.6 is 0 Å². The highest BCUT2D eigenvalue weighted by atomic mass is 19.4. The van der Waals surface area contributed by atoms with E-state index in [1.54, 1.807) is 18.2 Å². The summed E-state index contributed by atoms with van der Waals surface area (Å²) in [6, 6.07) is 10.7. The van der Waals surface area contributed by atoms with E-state index in [4.69, 9.17) is 4.74 Å². The zero-order chi connectivity index (χ0) is 23.8. The van der Waals surface area contributed by atoms with Gasteiger partial charge < -0.3 is 9.64 Å². The van der Waals surface area contributed by atoms with Crippen molar-refractivity contribution >= 4 is 29.2 Å². The van der Waals surface area contributed by atoms with Gasteiger partial charge in [-0.05, 0) is 42.5 Å². The third-order valence-electron chi connectivity index (χ3n) is 5.77. The van der Waals surface area contributed by atoms with Crippen molar-refractivity contribution in [2.45, 2.75) is 25.6 Å². The van der Waals surface area contributed by atoms with E-state index < -0.39 is 23.8 Å². The van der Waals surface area contributed by atoms with Crippen molar-refractivity contribution in [3.63, 3.8) is 0 Å². The molecular formula is C23H22F3N3O4. The number of nitrogens with zero attached hydrogens (tertiary/aromatic N) is 3. The molecule has 0 spiro atoms. The van der Waals surface area contributed by atoms with Crippen LogP contribution in [0.4, 0.5) is 24.5 Å². The van der Waals surface area contributed by atoms with Crippen LogP contribution in [0.25, 0.3) is 0 Å². The van der Waals surface area contributed by atoms with E-state index in [2.05, 4.69) is 0 Å². The van der Waals surface area contributed by atoms with Crippen LogP contribution in [0.15, 0.2) is 48.5 Å². The number of imide groups is 1. The molecule has 0 N–H and O–H groups in total. The molecule has 2 amide bonds. The Morgan fingerprint density at radius 3 is 2.24 bits per heavy atom. The first-order chi connectivity index (χ1) is 15.6. The van der Waals surface area contributed by atoms with Crippen LogP contribution in [0.2, 0.25) is 0 Å². The number of hydrogen-bond donors (Lipinski definition) is 0. The van der Waals surface area contributed by atoms with Gasteiger partial charge in [0.1, 0.15) is 5.75 Å². The van der Waals surface area contributed by atoms with E-state index in [0.29, 0.717) is 43.3 Å². The molecule has 2 heterocycles. The number of hydrogen-bond acceptors (Lipinski definition) is 6. The van der Waals surface area contributed by atoms with E-state index in [-0.39, 0.29) is 18.2 Å². The molecule has 2 fully saturated rings. The number of esters is 1. The highest BCUT2D eigenvalue weighted by Crippen LogP contribution is 2.32. The lowest BCUT2D eigenvalue weighted by Gasteiger charge is -2.38. The second-order valence-electron chi connectivity index (χ2n) is 7.95. The number of alkyl halides is 3. The molecule has 33 heavy (non-hydrogen) atoms. The molecule has 2 saturated heterocycles. The summed E-state index contributed by atoms with van der Waals surface area (Å²) in [7, 11) is 0. The molecule has 0 aromatic heterocycles. The molecule has 2 aromatic rings. The molecule has 0 saturated carbocycles. The fraction of sp³-hybridized carbons (Fsp3) is 0.348. The van der Waals surface area contributed by atoms with E-state index in [1.165, 1.54) is 25.1 Å². The molecule has 1 atom stereocenters. The third-order valence-corrected chi connectivity index (χ3v) is 5.77. The average Bonchev–Trinajstić information content (AvgIpc) is 3.07. The molecule has 10 heteroatoms. The molecule has 4 rings (SSSR count). The van der Waals surface area contributed by atoms with Crippen LogP contribution in [0.1, 0.15) is 18.9 Å². The van der Waals surface area contributed by atoms with Crippen molar-refractivity contribution in [1.29, 1.82) is 0 Å². The smallest absolute Gasteiger partial charge is 0.416 e. The summed E-state index contributed by atoms with van der Waals surface area (Å²) in [5.74, 6) is -0.827. The van der Waals surface area contributed by atoms with Gasteiger partial charge in [0, 0.05) is 38.8 Å². The molecule has 0 radical (unpaired) electrons. The number of rotatable bonds is 4. The Hall–Kier alpha value is -3.40. The Bertz CT molecular complexity index is 1060. The largest absolute Gasteiger partial charge is 0.427 e. The van der Waals surface area contributed by atoms with Gasteiger partial charge in [0.15, 0.2) is 0 Å². The molecular weight excluding hydrogens is 439 g/mol. The van der Waals surface area contributed by atoms with Gasteiger partial charge in [-0.3, -0.25) is 19.3 Å². The summed E-state index contributed by atoms with van der Waals surface area (Å²) < 4.78 is 44.0. The second kappa shape index (κ2) is 8.86. The quantitative estimate of drug-likeness (QED) is 0.396. The normalized spacial score (nSPS) is 19.8. The highest BCUT2D eigenvalue weighted by Gasteiger charge is 2.43. The van der Waals surface area contributed by atoms with Crippen LogP contribution < -0.4 is 14.5 Å². The molecule has 0 aliphatic carbocycles. The van der Waals surface area contributed by atoms with Gasteiger partial charge in [0.25, 0.3) is 5.91 Å². The summed E-state index contributed by atoms with van der Waals surface area (Å²) in [4.78, 5) is 41.5. The van der Waals surface area contributed by atoms with Crippen LogP contribution in [-0.4, -0.2) is 54.9 Å². The molecule has 0 bridgehead atoms. The fourth-order valence-corrected chi connectivity index (χ4v) is 4.17. The summed E-state index contributed by atoms with van der Waals surface area (Å²) in [5, 5.41) is 0. The van der Waals surface area contributed by atoms with E-state index in [9.17, 15) is 27.6 Å². The number of benzene rings is 2. The molecule has 2 aliphatic rings. The maximum atomic E-state index is 13.0. The van der Waals surface area contributed by atoms with Gasteiger partial charge >= 0.3 is 12.1 Å². The topological polar surface area (TPSA) is 70.2 Å². The monoisotopic (exact) mass is 461 g/mol. The first-order valence-electron chi connectivity index (χ1n) is 10.4. The van der Waals surface area contributed by atoms with E-state index >= 15 is 0 Å². The zero-order valence-electron chi connectivity index (χ0n) is 17.8. The van der Waals surface area contributed by atoms with Gasteiger partial charge in [-0.25, -0.2) is 4.90 Å². The summed E-state index contributed by atoms with van der Waals surface area (Å²) in [6.07, 6.45) is -4.37. The van der Waals surface area contributed by atoms with Crippen molar-refractivity contribution in [2.24, 2.45) is 0 Å². The number of piperazine rings is 1. The van der Waals surface area contributed by atoms with Gasteiger partial charge in [-0.1, -0.05) is 6.07 Å². The number of carbonyl (C=O) groups excluding carboxylic acids is 3. The molecule has 2 aliphatic heterocycles. The number of anilines is 2.